The minimum absolute atomic E-state index is 0.0594. The zero-order chi connectivity index (χ0) is 16.3. The molecule has 1 aliphatic heterocycles. The number of hydrogen-bond donors (Lipinski definition) is 1. The van der Waals surface area contributed by atoms with Crippen molar-refractivity contribution in [3.63, 3.8) is 0 Å². The summed E-state index contributed by atoms with van der Waals surface area (Å²) in [5.74, 6) is 1.01. The molecular formula is C16H28N4O3. The van der Waals surface area contributed by atoms with Crippen LogP contribution in [0.25, 0.3) is 0 Å². The molecule has 0 unspecified atom stereocenters. The lowest BCUT2D eigenvalue weighted by Crippen LogP contribution is -2.51. The Bertz CT molecular complexity index is 509. The number of fused-ring (bicyclic) bond motifs is 1. The average Bonchev–Trinajstić information content (AvgIpc) is 3.18. The summed E-state index contributed by atoms with van der Waals surface area (Å²) in [6, 6.07) is 0.340. The van der Waals surface area contributed by atoms with Gasteiger partial charge >= 0.3 is 0 Å². The predicted octanol–water partition coefficient (Wildman–Crippen LogP) is 0.819. The summed E-state index contributed by atoms with van der Waals surface area (Å²) < 4.78 is 13.9. The second kappa shape index (κ2) is 7.25. The summed E-state index contributed by atoms with van der Waals surface area (Å²) in [4.78, 5) is 2.47. The third-order valence-corrected chi connectivity index (χ3v) is 5.48. The van der Waals surface area contributed by atoms with Gasteiger partial charge in [0.2, 0.25) is 0 Å². The molecule has 23 heavy (non-hydrogen) atoms. The van der Waals surface area contributed by atoms with E-state index in [1.807, 2.05) is 7.11 Å². The molecule has 2 heterocycles. The summed E-state index contributed by atoms with van der Waals surface area (Å²) in [5, 5.41) is 17.3. The van der Waals surface area contributed by atoms with Crippen LogP contribution in [0.4, 0.5) is 0 Å². The van der Waals surface area contributed by atoms with Gasteiger partial charge in [-0.2, -0.15) is 0 Å². The van der Waals surface area contributed by atoms with Gasteiger partial charge in [0.1, 0.15) is 12.2 Å². The number of rotatable bonds is 7. The highest BCUT2D eigenvalue weighted by molar-refractivity contribution is 5.06. The first-order valence-corrected chi connectivity index (χ1v) is 8.60. The van der Waals surface area contributed by atoms with Crippen molar-refractivity contribution in [2.75, 3.05) is 26.9 Å². The number of hydrogen-bond acceptors (Lipinski definition) is 6. The van der Waals surface area contributed by atoms with Crippen molar-refractivity contribution in [1.82, 2.24) is 19.7 Å². The lowest BCUT2D eigenvalue weighted by Gasteiger charge is -2.43. The molecule has 1 aromatic rings. The van der Waals surface area contributed by atoms with Crippen molar-refractivity contribution in [2.24, 2.45) is 0 Å². The van der Waals surface area contributed by atoms with Crippen LogP contribution < -0.4 is 0 Å². The lowest BCUT2D eigenvalue weighted by atomic mass is 9.79. The third-order valence-electron chi connectivity index (χ3n) is 5.48. The molecule has 1 saturated heterocycles. The van der Waals surface area contributed by atoms with E-state index in [9.17, 15) is 0 Å². The minimum Gasteiger partial charge on any atom is -0.394 e. The van der Waals surface area contributed by atoms with E-state index in [2.05, 4.69) is 26.6 Å². The van der Waals surface area contributed by atoms with Gasteiger partial charge in [0.25, 0.3) is 0 Å². The molecule has 1 N–H and O–H groups in total. The molecule has 7 nitrogen and oxygen atoms in total. The standard InChI is InChI=1S/C16H28N4O3/c1-3-19-12-17-18-15(19)11-20-7-6-16(22-2)5-4-13(10-14(16)20)23-9-8-21/h12-14,21H,3-11H2,1-2H3/t13-,14+,16-/m0/s1. The number of aliphatic hydroxyl groups is 1. The lowest BCUT2D eigenvalue weighted by molar-refractivity contribution is -0.104. The molecule has 0 radical (unpaired) electrons. The Balaban J connectivity index is 1.71. The summed E-state index contributed by atoms with van der Waals surface area (Å²) in [5.41, 5.74) is -0.0594. The van der Waals surface area contributed by atoms with E-state index < -0.39 is 0 Å². The SMILES string of the molecule is CCn1cnnc1CN1CC[C@@]2(OC)CC[C@H](OCCO)C[C@@H]12. The first-order chi connectivity index (χ1) is 11.2. The Morgan fingerprint density at radius 1 is 1.43 bits per heavy atom. The number of aromatic nitrogens is 3. The van der Waals surface area contributed by atoms with Crippen LogP contribution in [0.5, 0.6) is 0 Å². The minimum atomic E-state index is -0.0594. The number of ether oxygens (including phenoxy) is 2. The van der Waals surface area contributed by atoms with Gasteiger partial charge in [-0.05, 0) is 32.6 Å². The van der Waals surface area contributed by atoms with Gasteiger partial charge in [-0.25, -0.2) is 0 Å². The van der Waals surface area contributed by atoms with E-state index in [0.29, 0.717) is 12.6 Å². The fourth-order valence-corrected chi connectivity index (χ4v) is 4.16. The van der Waals surface area contributed by atoms with E-state index in [0.717, 1.165) is 51.1 Å². The number of nitrogens with zero attached hydrogens (tertiary/aromatic N) is 4. The Morgan fingerprint density at radius 3 is 3.04 bits per heavy atom. The zero-order valence-electron chi connectivity index (χ0n) is 14.1. The largest absolute Gasteiger partial charge is 0.394 e. The first kappa shape index (κ1) is 16.8. The summed E-state index contributed by atoms with van der Waals surface area (Å²) in [6.45, 7) is 5.31. The molecule has 2 aliphatic rings. The fraction of sp³-hybridized carbons (Fsp3) is 0.875. The maximum absolute atomic E-state index is 8.98. The molecule has 3 atom stereocenters. The molecule has 0 spiro atoms. The molecule has 1 aromatic heterocycles. The average molecular weight is 324 g/mol. The number of aliphatic hydroxyl groups excluding tert-OH is 1. The zero-order valence-corrected chi connectivity index (χ0v) is 14.1. The Hall–Kier alpha value is -1.02. The van der Waals surface area contributed by atoms with Crippen LogP contribution >= 0.6 is 0 Å². The van der Waals surface area contributed by atoms with E-state index in [4.69, 9.17) is 14.6 Å². The Kier molecular flexibility index (Phi) is 5.31. The smallest absolute Gasteiger partial charge is 0.147 e. The van der Waals surface area contributed by atoms with Crippen molar-refractivity contribution in [3.05, 3.63) is 12.2 Å². The highest BCUT2D eigenvalue weighted by Gasteiger charge is 2.51. The quantitative estimate of drug-likeness (QED) is 0.800. The second-order valence-corrected chi connectivity index (χ2v) is 6.53. The van der Waals surface area contributed by atoms with Crippen LogP contribution in [0.3, 0.4) is 0 Å². The van der Waals surface area contributed by atoms with Crippen LogP contribution in [0.2, 0.25) is 0 Å². The van der Waals surface area contributed by atoms with Gasteiger partial charge in [0, 0.05) is 26.2 Å². The van der Waals surface area contributed by atoms with Crippen LogP contribution in [0, 0.1) is 0 Å². The summed E-state index contributed by atoms with van der Waals surface area (Å²) in [6.07, 6.45) is 6.03. The maximum atomic E-state index is 8.98. The van der Waals surface area contributed by atoms with Gasteiger partial charge < -0.3 is 19.1 Å². The van der Waals surface area contributed by atoms with Gasteiger partial charge in [-0.3, -0.25) is 4.90 Å². The molecular weight excluding hydrogens is 296 g/mol. The topological polar surface area (TPSA) is 72.6 Å². The molecule has 7 heteroatoms. The van der Waals surface area contributed by atoms with Crippen LogP contribution in [-0.2, 0) is 22.6 Å². The molecule has 0 aromatic carbocycles. The third kappa shape index (κ3) is 3.28. The highest BCUT2D eigenvalue weighted by atomic mass is 16.5. The molecule has 3 rings (SSSR count). The maximum Gasteiger partial charge on any atom is 0.147 e. The molecule has 1 aliphatic carbocycles. The highest BCUT2D eigenvalue weighted by Crippen LogP contribution is 2.43. The molecule has 2 fully saturated rings. The van der Waals surface area contributed by atoms with Crippen molar-refractivity contribution in [3.8, 4) is 0 Å². The van der Waals surface area contributed by atoms with Gasteiger partial charge in [-0.1, -0.05) is 0 Å². The number of methoxy groups -OCH3 is 1. The summed E-state index contributed by atoms with van der Waals surface area (Å²) >= 11 is 0. The predicted molar refractivity (Wildman–Crippen MR) is 84.9 cm³/mol. The second-order valence-electron chi connectivity index (χ2n) is 6.53. The van der Waals surface area contributed by atoms with E-state index >= 15 is 0 Å². The van der Waals surface area contributed by atoms with E-state index in [1.165, 1.54) is 0 Å². The monoisotopic (exact) mass is 324 g/mol. The summed E-state index contributed by atoms with van der Waals surface area (Å²) in [7, 11) is 1.83. The van der Waals surface area contributed by atoms with Gasteiger partial charge in [0.05, 0.1) is 31.5 Å². The van der Waals surface area contributed by atoms with E-state index in [-0.39, 0.29) is 18.3 Å². The van der Waals surface area contributed by atoms with Gasteiger partial charge in [0.15, 0.2) is 0 Å². The first-order valence-electron chi connectivity index (χ1n) is 8.60. The molecule has 1 saturated carbocycles. The van der Waals surface area contributed by atoms with Crippen molar-refractivity contribution in [2.45, 2.75) is 63.4 Å². The van der Waals surface area contributed by atoms with Crippen molar-refractivity contribution in [1.29, 1.82) is 0 Å². The Labute approximate surface area is 137 Å². The van der Waals surface area contributed by atoms with Gasteiger partial charge in [-0.15, -0.1) is 10.2 Å². The fourth-order valence-electron chi connectivity index (χ4n) is 4.16. The van der Waals surface area contributed by atoms with Crippen LogP contribution in [0.1, 0.15) is 38.4 Å². The van der Waals surface area contributed by atoms with E-state index in [1.54, 1.807) is 6.33 Å². The molecule has 0 bridgehead atoms. The van der Waals surface area contributed by atoms with Crippen molar-refractivity contribution >= 4 is 0 Å². The van der Waals surface area contributed by atoms with Crippen LogP contribution in [0.15, 0.2) is 6.33 Å². The number of likely N-dealkylation sites (tertiary alicyclic amines) is 1. The number of aryl methyl sites for hydroxylation is 1. The van der Waals surface area contributed by atoms with Crippen molar-refractivity contribution < 1.29 is 14.6 Å². The Morgan fingerprint density at radius 2 is 2.30 bits per heavy atom. The molecule has 130 valence electrons. The van der Waals surface area contributed by atoms with Crippen LogP contribution in [-0.4, -0.2) is 69.4 Å². The normalized spacial score (nSPS) is 31.4. The molecule has 0 amide bonds.